The zero-order valence-electron chi connectivity index (χ0n) is 16.1. The molecule has 0 bridgehead atoms. The molecule has 0 radical (unpaired) electrons. The molecule has 1 saturated carbocycles. The van der Waals surface area contributed by atoms with Crippen LogP contribution in [0.25, 0.3) is 6.08 Å². The maximum absolute atomic E-state index is 12.5. The molecule has 1 aromatic carbocycles. The Morgan fingerprint density at radius 3 is 2.04 bits per heavy atom. The predicted octanol–water partition coefficient (Wildman–Crippen LogP) is 2.58. The third-order valence-electron chi connectivity index (χ3n) is 5.40. The van der Waals surface area contributed by atoms with Gasteiger partial charge < -0.3 is 19.3 Å². The second-order valence-corrected chi connectivity index (χ2v) is 7.11. The van der Waals surface area contributed by atoms with Crippen molar-refractivity contribution < 1.29 is 19.1 Å². The van der Waals surface area contributed by atoms with Crippen LogP contribution in [0.5, 0.6) is 11.5 Å². The number of ether oxygens (including phenoxy) is 2. The van der Waals surface area contributed by atoms with Gasteiger partial charge in [0.05, 0.1) is 14.2 Å². The topological polar surface area (TPSA) is 59.1 Å². The second-order valence-electron chi connectivity index (χ2n) is 7.11. The summed E-state index contributed by atoms with van der Waals surface area (Å²) in [6, 6.07) is 5.49. The normalized spacial score (nSPS) is 18.1. The average molecular weight is 372 g/mol. The summed E-state index contributed by atoms with van der Waals surface area (Å²) in [6.07, 6.45) is 7.70. The Balaban J connectivity index is 1.55. The van der Waals surface area contributed by atoms with E-state index >= 15 is 0 Å². The number of amides is 2. The summed E-state index contributed by atoms with van der Waals surface area (Å²) < 4.78 is 10.5. The summed E-state index contributed by atoms with van der Waals surface area (Å²) in [5.74, 6) is 1.81. The van der Waals surface area contributed by atoms with E-state index in [-0.39, 0.29) is 17.7 Å². The first-order valence-electron chi connectivity index (χ1n) is 9.59. The van der Waals surface area contributed by atoms with Gasteiger partial charge >= 0.3 is 0 Å². The van der Waals surface area contributed by atoms with Crippen LogP contribution < -0.4 is 9.47 Å². The second kappa shape index (κ2) is 8.93. The van der Waals surface area contributed by atoms with Crippen molar-refractivity contribution in [1.29, 1.82) is 0 Å². The molecule has 0 unspecified atom stereocenters. The van der Waals surface area contributed by atoms with E-state index in [9.17, 15) is 9.59 Å². The lowest BCUT2D eigenvalue weighted by Gasteiger charge is -2.35. The molecule has 2 aliphatic rings. The summed E-state index contributed by atoms with van der Waals surface area (Å²) >= 11 is 0. The Kier molecular flexibility index (Phi) is 6.37. The van der Waals surface area contributed by atoms with E-state index in [1.807, 2.05) is 17.0 Å². The number of piperazine rings is 1. The molecule has 6 heteroatoms. The molecule has 27 heavy (non-hydrogen) atoms. The molecule has 1 aromatic rings. The van der Waals surface area contributed by atoms with Gasteiger partial charge in [0, 0.05) is 44.2 Å². The average Bonchev–Trinajstić information content (AvgIpc) is 3.26. The molecule has 1 heterocycles. The van der Waals surface area contributed by atoms with Crippen LogP contribution in [0.15, 0.2) is 24.3 Å². The molecular formula is C21H28N2O4. The van der Waals surface area contributed by atoms with Gasteiger partial charge in [-0.1, -0.05) is 12.8 Å². The first-order chi connectivity index (χ1) is 13.1. The van der Waals surface area contributed by atoms with Gasteiger partial charge in [-0.2, -0.15) is 0 Å². The van der Waals surface area contributed by atoms with Crippen LogP contribution in [0.3, 0.4) is 0 Å². The van der Waals surface area contributed by atoms with Crippen molar-refractivity contribution in [3.8, 4) is 11.5 Å². The highest BCUT2D eigenvalue weighted by molar-refractivity contribution is 5.92. The van der Waals surface area contributed by atoms with Crippen molar-refractivity contribution in [2.75, 3.05) is 40.4 Å². The van der Waals surface area contributed by atoms with Crippen LogP contribution in [0.4, 0.5) is 0 Å². The number of carbonyl (C=O) groups excluding carboxylic acids is 2. The molecule has 1 aliphatic heterocycles. The van der Waals surface area contributed by atoms with Gasteiger partial charge in [-0.3, -0.25) is 9.59 Å². The van der Waals surface area contributed by atoms with Crippen molar-refractivity contribution in [2.24, 2.45) is 5.92 Å². The molecule has 1 aliphatic carbocycles. The molecule has 0 aromatic heterocycles. The molecule has 2 fully saturated rings. The highest BCUT2D eigenvalue weighted by Gasteiger charge is 2.30. The molecular weight excluding hydrogens is 344 g/mol. The zero-order chi connectivity index (χ0) is 19.2. The lowest BCUT2D eigenvalue weighted by Crippen LogP contribution is -2.51. The molecule has 0 atom stereocenters. The smallest absolute Gasteiger partial charge is 0.246 e. The summed E-state index contributed by atoms with van der Waals surface area (Å²) in [5, 5.41) is 0. The van der Waals surface area contributed by atoms with Gasteiger partial charge in [0.25, 0.3) is 0 Å². The number of hydrogen-bond donors (Lipinski definition) is 0. The van der Waals surface area contributed by atoms with E-state index in [0.29, 0.717) is 37.7 Å². The van der Waals surface area contributed by atoms with E-state index < -0.39 is 0 Å². The first kappa shape index (κ1) is 19.3. The molecule has 0 N–H and O–H groups in total. The zero-order valence-corrected chi connectivity index (χ0v) is 16.1. The molecule has 3 rings (SSSR count). The SMILES string of the molecule is COc1cc(/C=C/C(=O)N2CCN(C(=O)C3CCCC3)CC2)cc(OC)c1. The first-order valence-corrected chi connectivity index (χ1v) is 9.59. The number of benzene rings is 1. The number of carbonyl (C=O) groups is 2. The third-order valence-corrected chi connectivity index (χ3v) is 5.40. The maximum Gasteiger partial charge on any atom is 0.246 e. The van der Waals surface area contributed by atoms with Crippen molar-refractivity contribution >= 4 is 17.9 Å². The lowest BCUT2D eigenvalue weighted by atomic mass is 10.1. The van der Waals surface area contributed by atoms with Gasteiger partial charge in [-0.25, -0.2) is 0 Å². The standard InChI is InChI=1S/C21H28N2O4/c1-26-18-13-16(14-19(15-18)27-2)7-8-20(24)22-9-11-23(12-10-22)21(25)17-5-3-4-6-17/h7-8,13-15,17H,3-6,9-12H2,1-2H3/b8-7+. The predicted molar refractivity (Wildman–Crippen MR) is 104 cm³/mol. The van der Waals surface area contributed by atoms with E-state index in [1.54, 1.807) is 37.3 Å². The maximum atomic E-state index is 12.5. The largest absolute Gasteiger partial charge is 0.497 e. The van der Waals surface area contributed by atoms with Gasteiger partial charge in [-0.15, -0.1) is 0 Å². The Hall–Kier alpha value is -2.50. The summed E-state index contributed by atoms with van der Waals surface area (Å²) in [5.41, 5.74) is 0.842. The van der Waals surface area contributed by atoms with Crippen LogP contribution in [0.1, 0.15) is 31.2 Å². The van der Waals surface area contributed by atoms with E-state index in [1.165, 1.54) is 0 Å². The number of methoxy groups -OCH3 is 2. The molecule has 1 saturated heterocycles. The fourth-order valence-corrected chi connectivity index (χ4v) is 3.78. The Labute approximate surface area is 160 Å². The van der Waals surface area contributed by atoms with Gasteiger partial charge in [0.1, 0.15) is 11.5 Å². The fourth-order valence-electron chi connectivity index (χ4n) is 3.78. The number of hydrogen-bond acceptors (Lipinski definition) is 4. The van der Waals surface area contributed by atoms with E-state index in [2.05, 4.69) is 0 Å². The third kappa shape index (κ3) is 4.81. The van der Waals surface area contributed by atoms with Crippen LogP contribution in [0, 0.1) is 5.92 Å². The highest BCUT2D eigenvalue weighted by Crippen LogP contribution is 2.27. The minimum absolute atomic E-state index is 0.0373. The Morgan fingerprint density at radius 1 is 0.926 bits per heavy atom. The van der Waals surface area contributed by atoms with Gasteiger partial charge in [0.15, 0.2) is 0 Å². The monoisotopic (exact) mass is 372 g/mol. The van der Waals surface area contributed by atoms with E-state index in [4.69, 9.17) is 9.47 Å². The van der Waals surface area contributed by atoms with Crippen molar-refractivity contribution in [3.63, 3.8) is 0 Å². The quantitative estimate of drug-likeness (QED) is 0.746. The van der Waals surface area contributed by atoms with Crippen LogP contribution in [-0.2, 0) is 9.59 Å². The van der Waals surface area contributed by atoms with Crippen molar-refractivity contribution in [3.05, 3.63) is 29.8 Å². The van der Waals surface area contributed by atoms with Gasteiger partial charge in [-0.05, 0) is 36.6 Å². The number of rotatable bonds is 5. The Bertz CT molecular complexity index is 680. The van der Waals surface area contributed by atoms with Crippen LogP contribution >= 0.6 is 0 Å². The van der Waals surface area contributed by atoms with Crippen molar-refractivity contribution in [2.45, 2.75) is 25.7 Å². The summed E-state index contributed by atoms with van der Waals surface area (Å²) in [6.45, 7) is 2.43. The molecule has 0 spiro atoms. The number of nitrogens with zero attached hydrogens (tertiary/aromatic N) is 2. The van der Waals surface area contributed by atoms with E-state index in [0.717, 1.165) is 31.2 Å². The summed E-state index contributed by atoms with van der Waals surface area (Å²) in [7, 11) is 3.19. The van der Waals surface area contributed by atoms with Crippen LogP contribution in [-0.4, -0.2) is 62.0 Å². The molecule has 146 valence electrons. The molecule has 6 nitrogen and oxygen atoms in total. The van der Waals surface area contributed by atoms with Gasteiger partial charge in [0.2, 0.25) is 11.8 Å². The summed E-state index contributed by atoms with van der Waals surface area (Å²) in [4.78, 5) is 28.7. The van der Waals surface area contributed by atoms with Crippen molar-refractivity contribution in [1.82, 2.24) is 9.80 Å². The minimum atomic E-state index is -0.0373. The fraction of sp³-hybridized carbons (Fsp3) is 0.524. The van der Waals surface area contributed by atoms with Crippen LogP contribution in [0.2, 0.25) is 0 Å². The highest BCUT2D eigenvalue weighted by atomic mass is 16.5. The Morgan fingerprint density at radius 2 is 1.48 bits per heavy atom. The minimum Gasteiger partial charge on any atom is -0.497 e. The lowest BCUT2D eigenvalue weighted by molar-refractivity contribution is -0.140. The molecule has 2 amide bonds.